The number of anilines is 2. The van der Waals surface area contributed by atoms with E-state index < -0.39 is 29.6 Å². The number of rotatable bonds is 6. The molecule has 2 saturated heterocycles. The average molecular weight is 814 g/mol. The van der Waals surface area contributed by atoms with E-state index in [1.54, 1.807) is 36.4 Å². The van der Waals surface area contributed by atoms with Crippen LogP contribution in [0, 0.1) is 36.7 Å². The largest absolute Gasteiger partial charge is 0.491 e. The van der Waals surface area contributed by atoms with E-state index in [1.165, 1.54) is 9.80 Å². The van der Waals surface area contributed by atoms with Crippen LogP contribution in [0.5, 0.6) is 5.75 Å². The molecule has 0 aromatic heterocycles. The molecular weight excluding hydrogens is 786 g/mol. The Hall–Kier alpha value is -3.10. The second-order valence-electron chi connectivity index (χ2n) is 11.6. The van der Waals surface area contributed by atoms with Gasteiger partial charge in [0.25, 0.3) is 0 Å². The maximum atomic E-state index is 14.2. The number of imide groups is 2. The van der Waals surface area contributed by atoms with E-state index in [9.17, 15) is 19.2 Å². The number of aliphatic hydroxyl groups is 1. The highest BCUT2D eigenvalue weighted by molar-refractivity contribution is 14.1. The molecule has 6 atom stereocenters. The number of allylic oxidation sites excluding steroid dienone is 2. The predicted octanol–water partition coefficient (Wildman–Crippen LogP) is 5.31. The third kappa shape index (κ3) is 4.80. The van der Waals surface area contributed by atoms with Crippen molar-refractivity contribution >= 4 is 80.2 Å². The molecule has 2 aliphatic heterocycles. The summed E-state index contributed by atoms with van der Waals surface area (Å²) in [5, 5.41) is 9.16. The van der Waals surface area contributed by atoms with Gasteiger partial charge in [-0.3, -0.25) is 29.0 Å². The minimum absolute atomic E-state index is 0.109. The maximum Gasteiger partial charge on any atom is 0.238 e. The van der Waals surface area contributed by atoms with Crippen LogP contribution in [0.3, 0.4) is 0 Å². The molecule has 2 aliphatic carbocycles. The van der Waals surface area contributed by atoms with Gasteiger partial charge in [-0.05, 0) is 130 Å². The van der Waals surface area contributed by atoms with Crippen LogP contribution in [-0.2, 0) is 19.2 Å². The highest BCUT2D eigenvalue weighted by Crippen LogP contribution is 2.58. The third-order valence-electron chi connectivity index (χ3n) is 9.42. The van der Waals surface area contributed by atoms with Crippen molar-refractivity contribution in [3.8, 4) is 5.75 Å². The van der Waals surface area contributed by atoms with Gasteiger partial charge in [0.15, 0.2) is 0 Å². The minimum atomic E-state index is -0.635. The van der Waals surface area contributed by atoms with Crippen molar-refractivity contribution in [2.24, 2.45) is 29.6 Å². The Bertz CT molecular complexity index is 1690. The summed E-state index contributed by atoms with van der Waals surface area (Å²) in [6, 6.07) is 22.1. The normalized spacial score (nSPS) is 27.7. The van der Waals surface area contributed by atoms with Crippen LogP contribution in [0.1, 0.15) is 24.3 Å². The van der Waals surface area contributed by atoms with Crippen LogP contribution in [0.4, 0.5) is 11.4 Å². The Morgan fingerprint density at radius 1 is 0.682 bits per heavy atom. The molecule has 224 valence electrons. The second kappa shape index (κ2) is 11.7. The van der Waals surface area contributed by atoms with Gasteiger partial charge in [0.2, 0.25) is 23.6 Å². The monoisotopic (exact) mass is 814 g/mol. The molecule has 3 aromatic carbocycles. The van der Waals surface area contributed by atoms with Crippen LogP contribution >= 0.6 is 45.2 Å². The molecule has 0 spiro atoms. The van der Waals surface area contributed by atoms with Crippen molar-refractivity contribution in [1.82, 2.24) is 0 Å². The Balaban J connectivity index is 1.30. The molecule has 3 aromatic rings. The van der Waals surface area contributed by atoms with Gasteiger partial charge >= 0.3 is 0 Å². The molecule has 4 amide bonds. The fourth-order valence-electron chi connectivity index (χ4n) is 7.59. The van der Waals surface area contributed by atoms with Gasteiger partial charge in [0.1, 0.15) is 12.4 Å². The van der Waals surface area contributed by atoms with Crippen LogP contribution in [-0.4, -0.2) is 41.9 Å². The molecule has 8 nitrogen and oxygen atoms in total. The smallest absolute Gasteiger partial charge is 0.238 e. The molecule has 10 heteroatoms. The fraction of sp³-hybridized carbons (Fsp3) is 0.294. The van der Waals surface area contributed by atoms with Gasteiger partial charge in [-0.2, -0.15) is 0 Å². The van der Waals surface area contributed by atoms with Crippen molar-refractivity contribution in [2.45, 2.75) is 18.8 Å². The number of ether oxygens (including phenoxy) is 1. The van der Waals surface area contributed by atoms with Crippen LogP contribution < -0.4 is 14.5 Å². The molecule has 0 bridgehead atoms. The van der Waals surface area contributed by atoms with E-state index in [4.69, 9.17) is 9.84 Å². The van der Waals surface area contributed by atoms with Crippen LogP contribution in [0.25, 0.3) is 0 Å². The highest BCUT2D eigenvalue weighted by atomic mass is 127. The first-order valence-corrected chi connectivity index (χ1v) is 16.7. The van der Waals surface area contributed by atoms with Gasteiger partial charge in [-0.25, -0.2) is 0 Å². The Kier molecular flexibility index (Phi) is 7.86. The summed E-state index contributed by atoms with van der Waals surface area (Å²) in [6.45, 7) is 0.0527. The van der Waals surface area contributed by atoms with E-state index in [2.05, 4.69) is 51.3 Å². The van der Waals surface area contributed by atoms with Crippen molar-refractivity contribution < 1.29 is 29.0 Å². The number of halogens is 2. The van der Waals surface area contributed by atoms with Gasteiger partial charge in [-0.15, -0.1) is 0 Å². The third-order valence-corrected chi connectivity index (χ3v) is 10.9. The summed E-state index contributed by atoms with van der Waals surface area (Å²) in [4.78, 5) is 58.7. The molecule has 44 heavy (non-hydrogen) atoms. The number of fused-ring (bicyclic) bond motifs is 4. The first-order valence-electron chi connectivity index (χ1n) is 14.6. The SMILES string of the molecule is O=C1C2CC=C3C(CC4C(=O)N(c5ccc(I)cc5)C(=O)C4C3c3ccc(OCCO)cc3)C2C(=O)N1c1ccc(I)cc1. The molecule has 4 aliphatic rings. The lowest BCUT2D eigenvalue weighted by molar-refractivity contribution is -0.126. The van der Waals surface area contributed by atoms with Gasteiger partial charge in [0.05, 0.1) is 41.7 Å². The van der Waals surface area contributed by atoms with Crippen LogP contribution in [0.2, 0.25) is 0 Å². The minimum Gasteiger partial charge on any atom is -0.491 e. The van der Waals surface area contributed by atoms with E-state index in [1.807, 2.05) is 36.4 Å². The highest BCUT2D eigenvalue weighted by Gasteiger charge is 2.62. The Morgan fingerprint density at radius 3 is 1.80 bits per heavy atom. The summed E-state index contributed by atoms with van der Waals surface area (Å²) >= 11 is 4.38. The molecule has 6 unspecified atom stereocenters. The summed E-state index contributed by atoms with van der Waals surface area (Å²) in [6.07, 6.45) is 2.78. The molecule has 7 rings (SSSR count). The Morgan fingerprint density at radius 2 is 1.23 bits per heavy atom. The molecule has 2 heterocycles. The molecule has 1 N–H and O–H groups in total. The van der Waals surface area contributed by atoms with E-state index in [-0.39, 0.29) is 42.8 Å². The van der Waals surface area contributed by atoms with E-state index in [0.717, 1.165) is 18.3 Å². The Labute approximate surface area is 281 Å². The lowest BCUT2D eigenvalue weighted by atomic mass is 9.57. The maximum absolute atomic E-state index is 14.2. The van der Waals surface area contributed by atoms with Gasteiger partial charge < -0.3 is 9.84 Å². The summed E-state index contributed by atoms with van der Waals surface area (Å²) < 4.78 is 7.57. The quantitative estimate of drug-likeness (QED) is 0.206. The lowest BCUT2D eigenvalue weighted by Gasteiger charge is -2.44. The van der Waals surface area contributed by atoms with Crippen molar-refractivity contribution in [1.29, 1.82) is 0 Å². The topological polar surface area (TPSA) is 104 Å². The number of amides is 4. The molecule has 3 fully saturated rings. The lowest BCUT2D eigenvalue weighted by Crippen LogP contribution is -2.43. The summed E-state index contributed by atoms with van der Waals surface area (Å²) in [5.41, 5.74) is 2.89. The fourth-order valence-corrected chi connectivity index (χ4v) is 8.31. The molecular formula is C34H28I2N2O6. The first-order chi connectivity index (χ1) is 21.3. The summed E-state index contributed by atoms with van der Waals surface area (Å²) in [7, 11) is 0. The first kappa shape index (κ1) is 29.6. The van der Waals surface area contributed by atoms with E-state index in [0.29, 0.717) is 30.0 Å². The molecule has 0 radical (unpaired) electrons. The zero-order chi connectivity index (χ0) is 30.7. The van der Waals surface area contributed by atoms with E-state index >= 15 is 0 Å². The average Bonchev–Trinajstić information content (AvgIpc) is 3.44. The number of hydrogen-bond acceptors (Lipinski definition) is 6. The second-order valence-corrected chi connectivity index (χ2v) is 14.1. The number of carbonyl (C=O) groups excluding carboxylic acids is 4. The van der Waals surface area contributed by atoms with Gasteiger partial charge in [0, 0.05) is 13.1 Å². The number of benzene rings is 3. The van der Waals surface area contributed by atoms with Crippen molar-refractivity contribution in [2.75, 3.05) is 23.0 Å². The summed E-state index contributed by atoms with van der Waals surface area (Å²) in [5.74, 6) is -3.56. The predicted molar refractivity (Wildman–Crippen MR) is 180 cm³/mol. The van der Waals surface area contributed by atoms with Crippen molar-refractivity contribution in [3.63, 3.8) is 0 Å². The number of carbonyl (C=O) groups is 4. The number of nitrogens with zero attached hydrogens (tertiary/aromatic N) is 2. The van der Waals surface area contributed by atoms with Crippen molar-refractivity contribution in [3.05, 3.63) is 97.1 Å². The zero-order valence-electron chi connectivity index (χ0n) is 23.4. The number of aliphatic hydroxyl groups excluding tert-OH is 1. The number of hydrogen-bond donors (Lipinski definition) is 1. The van der Waals surface area contributed by atoms with Gasteiger partial charge in [-0.1, -0.05) is 23.8 Å². The molecule has 1 saturated carbocycles. The standard InChI is InChI=1S/C34H28I2N2O6/c35-19-3-7-21(8-4-19)37-31(40)25-14-13-24-26(29(25)33(37)42)17-27-30(28(24)18-1-11-23(12-2-18)44-16-15-39)34(43)38(32(27)41)22-9-5-20(36)6-10-22/h1-13,25-30,39H,14-17H2. The zero-order valence-corrected chi connectivity index (χ0v) is 27.8. The van der Waals surface area contributed by atoms with Crippen LogP contribution in [0.15, 0.2) is 84.4 Å².